The molecule has 1 heterocycles. The number of hydrogen-bond donors (Lipinski definition) is 0. The Morgan fingerprint density at radius 2 is 1.67 bits per heavy atom. The van der Waals surface area contributed by atoms with E-state index in [1.165, 1.54) is 25.7 Å². The van der Waals surface area contributed by atoms with Gasteiger partial charge in [-0.15, -0.1) is 11.6 Å². The first kappa shape index (κ1) is 21.3. The summed E-state index contributed by atoms with van der Waals surface area (Å²) in [5.41, 5.74) is 0. The summed E-state index contributed by atoms with van der Waals surface area (Å²) in [7, 11) is 0. The van der Waals surface area contributed by atoms with E-state index in [-0.39, 0.29) is 17.8 Å². The van der Waals surface area contributed by atoms with Crippen molar-refractivity contribution < 1.29 is 14.3 Å². The van der Waals surface area contributed by atoms with Crippen LogP contribution in [-0.2, 0) is 14.3 Å². The molecule has 1 fully saturated rings. The summed E-state index contributed by atoms with van der Waals surface area (Å²) in [6, 6.07) is 0. The van der Waals surface area contributed by atoms with Crippen LogP contribution in [0.25, 0.3) is 0 Å². The molecule has 4 nitrogen and oxygen atoms in total. The summed E-state index contributed by atoms with van der Waals surface area (Å²) in [5, 5.41) is 0. The highest BCUT2D eigenvalue weighted by Gasteiger charge is 2.27. The summed E-state index contributed by atoms with van der Waals surface area (Å²) in [4.78, 5) is 26.0. The van der Waals surface area contributed by atoms with E-state index in [2.05, 4.69) is 6.92 Å². The van der Waals surface area contributed by atoms with Crippen LogP contribution in [0.1, 0.15) is 77.6 Å². The van der Waals surface area contributed by atoms with Crippen LogP contribution >= 0.6 is 11.6 Å². The smallest absolute Gasteiger partial charge is 0.309 e. The van der Waals surface area contributed by atoms with Crippen LogP contribution in [0, 0.1) is 5.92 Å². The number of amides is 1. The maximum atomic E-state index is 12.1. The Morgan fingerprint density at radius 1 is 1.00 bits per heavy atom. The second-order valence-electron chi connectivity index (χ2n) is 6.74. The van der Waals surface area contributed by atoms with Crippen molar-refractivity contribution in [1.82, 2.24) is 4.90 Å². The Hall–Kier alpha value is -0.770. The number of likely N-dealkylation sites (tertiary alicyclic amines) is 1. The normalized spacial score (nSPS) is 15.5. The number of halogens is 1. The van der Waals surface area contributed by atoms with Crippen molar-refractivity contribution in [1.29, 1.82) is 0 Å². The number of rotatable bonds is 12. The topological polar surface area (TPSA) is 46.6 Å². The monoisotopic (exact) mass is 359 g/mol. The second kappa shape index (κ2) is 13.5. The molecule has 0 bridgehead atoms. The number of alkyl halides is 1. The van der Waals surface area contributed by atoms with Gasteiger partial charge in [0, 0.05) is 25.4 Å². The molecule has 1 aliphatic rings. The predicted octanol–water partition coefficient (Wildman–Crippen LogP) is 4.54. The van der Waals surface area contributed by atoms with Crippen molar-refractivity contribution in [2.45, 2.75) is 77.6 Å². The van der Waals surface area contributed by atoms with Crippen molar-refractivity contribution in [3.8, 4) is 0 Å². The molecule has 0 aromatic rings. The fourth-order valence-corrected chi connectivity index (χ4v) is 3.26. The molecule has 0 aliphatic carbocycles. The lowest BCUT2D eigenvalue weighted by atomic mass is 9.96. The van der Waals surface area contributed by atoms with Crippen molar-refractivity contribution in [3.63, 3.8) is 0 Å². The quantitative estimate of drug-likeness (QED) is 0.292. The van der Waals surface area contributed by atoms with Gasteiger partial charge in [0.05, 0.1) is 12.5 Å². The molecule has 1 saturated heterocycles. The van der Waals surface area contributed by atoms with Crippen LogP contribution in [0.15, 0.2) is 0 Å². The summed E-state index contributed by atoms with van der Waals surface area (Å²) >= 11 is 5.63. The molecule has 1 aliphatic heterocycles. The van der Waals surface area contributed by atoms with Crippen molar-refractivity contribution in [2.75, 3.05) is 25.6 Å². The molecular formula is C19H34ClNO3. The van der Waals surface area contributed by atoms with Gasteiger partial charge in [-0.3, -0.25) is 9.59 Å². The molecular weight excluding hydrogens is 326 g/mol. The molecule has 0 aromatic heterocycles. The Balaban J connectivity index is 2.09. The highest BCUT2D eigenvalue weighted by atomic mass is 35.5. The molecule has 24 heavy (non-hydrogen) atoms. The third-order valence-corrected chi connectivity index (χ3v) is 4.96. The van der Waals surface area contributed by atoms with Crippen LogP contribution in [0.5, 0.6) is 0 Å². The number of ether oxygens (including phenoxy) is 1. The molecule has 0 atom stereocenters. The summed E-state index contributed by atoms with van der Waals surface area (Å²) in [6.07, 6.45) is 10.9. The van der Waals surface area contributed by atoms with Crippen LogP contribution in [0.3, 0.4) is 0 Å². The first-order valence-corrected chi connectivity index (χ1v) is 10.2. The molecule has 0 N–H and O–H groups in total. The standard InChI is InChI=1S/C19H34ClNO3/c1-2-3-4-5-6-9-16-24-19(23)17-11-14-21(15-12-17)18(22)10-7-8-13-20/h17H,2-16H2,1H3. The fourth-order valence-electron chi connectivity index (χ4n) is 3.07. The molecule has 1 amide bonds. The largest absolute Gasteiger partial charge is 0.465 e. The van der Waals surface area contributed by atoms with Crippen LogP contribution < -0.4 is 0 Å². The van der Waals surface area contributed by atoms with Gasteiger partial charge in [0.1, 0.15) is 0 Å². The van der Waals surface area contributed by atoms with E-state index in [4.69, 9.17) is 16.3 Å². The summed E-state index contributed by atoms with van der Waals surface area (Å²) < 4.78 is 5.41. The van der Waals surface area contributed by atoms with E-state index in [9.17, 15) is 9.59 Å². The van der Waals surface area contributed by atoms with Gasteiger partial charge in [0.25, 0.3) is 0 Å². The Labute approximate surface area is 152 Å². The van der Waals surface area contributed by atoms with Gasteiger partial charge in [0.15, 0.2) is 0 Å². The molecule has 0 aromatic carbocycles. The molecule has 0 saturated carbocycles. The van der Waals surface area contributed by atoms with E-state index in [0.29, 0.717) is 32.0 Å². The molecule has 5 heteroatoms. The van der Waals surface area contributed by atoms with Crippen molar-refractivity contribution in [2.24, 2.45) is 5.92 Å². The van der Waals surface area contributed by atoms with Crippen LogP contribution in [0.4, 0.5) is 0 Å². The zero-order valence-corrected chi connectivity index (χ0v) is 16.0. The SMILES string of the molecule is CCCCCCCCOC(=O)C1CCN(C(=O)CCCCCl)CC1. The van der Waals surface area contributed by atoms with Gasteiger partial charge in [0.2, 0.25) is 5.91 Å². The average Bonchev–Trinajstić information content (AvgIpc) is 2.61. The number of hydrogen-bond acceptors (Lipinski definition) is 3. The van der Waals surface area contributed by atoms with E-state index in [0.717, 1.165) is 38.5 Å². The molecule has 140 valence electrons. The minimum Gasteiger partial charge on any atom is -0.465 e. The Morgan fingerprint density at radius 3 is 2.33 bits per heavy atom. The maximum Gasteiger partial charge on any atom is 0.309 e. The lowest BCUT2D eigenvalue weighted by Crippen LogP contribution is -2.40. The third kappa shape index (κ3) is 8.91. The summed E-state index contributed by atoms with van der Waals surface area (Å²) in [6.45, 7) is 4.11. The zero-order chi connectivity index (χ0) is 17.6. The Bertz CT molecular complexity index is 355. The Kier molecular flexibility index (Phi) is 12.0. The third-order valence-electron chi connectivity index (χ3n) is 4.70. The highest BCUT2D eigenvalue weighted by molar-refractivity contribution is 6.17. The van der Waals surface area contributed by atoms with Gasteiger partial charge >= 0.3 is 5.97 Å². The van der Waals surface area contributed by atoms with E-state index < -0.39 is 0 Å². The molecule has 1 rings (SSSR count). The minimum atomic E-state index is -0.0715. The zero-order valence-electron chi connectivity index (χ0n) is 15.2. The number of nitrogens with zero attached hydrogens (tertiary/aromatic N) is 1. The van der Waals surface area contributed by atoms with Crippen molar-refractivity contribution >= 4 is 23.5 Å². The van der Waals surface area contributed by atoms with E-state index >= 15 is 0 Å². The van der Waals surface area contributed by atoms with Gasteiger partial charge in [-0.2, -0.15) is 0 Å². The minimum absolute atomic E-state index is 0.0306. The van der Waals surface area contributed by atoms with Gasteiger partial charge in [-0.25, -0.2) is 0 Å². The fraction of sp³-hybridized carbons (Fsp3) is 0.895. The van der Waals surface area contributed by atoms with Crippen LogP contribution in [0.2, 0.25) is 0 Å². The van der Waals surface area contributed by atoms with Gasteiger partial charge < -0.3 is 9.64 Å². The summed E-state index contributed by atoms with van der Waals surface area (Å²) in [5.74, 6) is 0.702. The van der Waals surface area contributed by atoms with Crippen LogP contribution in [-0.4, -0.2) is 42.4 Å². The van der Waals surface area contributed by atoms with E-state index in [1.807, 2.05) is 4.90 Å². The molecule has 0 radical (unpaired) electrons. The number of esters is 1. The predicted molar refractivity (Wildman–Crippen MR) is 98.2 cm³/mol. The lowest BCUT2D eigenvalue weighted by molar-refractivity contribution is -0.151. The average molecular weight is 360 g/mol. The number of carbonyl (C=O) groups is 2. The molecule has 0 unspecified atom stereocenters. The number of piperidine rings is 1. The number of unbranched alkanes of at least 4 members (excludes halogenated alkanes) is 6. The lowest BCUT2D eigenvalue weighted by Gasteiger charge is -2.31. The second-order valence-corrected chi connectivity index (χ2v) is 7.11. The maximum absolute atomic E-state index is 12.1. The number of carbonyl (C=O) groups excluding carboxylic acids is 2. The first-order valence-electron chi connectivity index (χ1n) is 9.69. The first-order chi connectivity index (χ1) is 11.7. The van der Waals surface area contributed by atoms with E-state index in [1.54, 1.807) is 0 Å². The van der Waals surface area contributed by atoms with Crippen molar-refractivity contribution in [3.05, 3.63) is 0 Å². The van der Waals surface area contributed by atoms with Gasteiger partial charge in [-0.05, 0) is 32.1 Å². The van der Waals surface area contributed by atoms with Gasteiger partial charge in [-0.1, -0.05) is 39.0 Å². The molecule has 0 spiro atoms. The highest BCUT2D eigenvalue weighted by Crippen LogP contribution is 2.20.